The molecule has 0 saturated heterocycles. The van der Waals surface area contributed by atoms with Crippen LogP contribution in [-0.2, 0) is 12.8 Å². The van der Waals surface area contributed by atoms with Gasteiger partial charge in [0.05, 0.1) is 5.01 Å². The van der Waals surface area contributed by atoms with Gasteiger partial charge in [-0.25, -0.2) is 4.98 Å². The van der Waals surface area contributed by atoms with E-state index in [-0.39, 0.29) is 6.04 Å². The van der Waals surface area contributed by atoms with E-state index >= 15 is 0 Å². The zero-order valence-corrected chi connectivity index (χ0v) is 11.3. The highest BCUT2D eigenvalue weighted by molar-refractivity contribution is 7.09. The topological polar surface area (TPSA) is 38.9 Å². The van der Waals surface area contributed by atoms with Gasteiger partial charge in [-0.3, -0.25) is 0 Å². The van der Waals surface area contributed by atoms with Gasteiger partial charge in [-0.05, 0) is 31.0 Å². The number of halogens is 1. The third-order valence-electron chi connectivity index (χ3n) is 2.49. The maximum Gasteiger partial charge on any atom is 0.0943 e. The molecule has 0 radical (unpaired) electrons. The molecule has 0 spiro atoms. The Bertz CT molecular complexity index is 496. The summed E-state index contributed by atoms with van der Waals surface area (Å²) >= 11 is 7.62. The highest BCUT2D eigenvalue weighted by Gasteiger charge is 2.08. The van der Waals surface area contributed by atoms with Crippen molar-refractivity contribution in [3.63, 3.8) is 0 Å². The molecule has 1 aromatic carbocycles. The molecule has 17 heavy (non-hydrogen) atoms. The van der Waals surface area contributed by atoms with Gasteiger partial charge in [-0.1, -0.05) is 23.7 Å². The Kier molecular flexibility index (Phi) is 4.15. The molecule has 2 rings (SSSR count). The van der Waals surface area contributed by atoms with Gasteiger partial charge in [-0.15, -0.1) is 11.3 Å². The molecule has 2 N–H and O–H groups in total. The van der Waals surface area contributed by atoms with Gasteiger partial charge in [-0.2, -0.15) is 0 Å². The van der Waals surface area contributed by atoms with E-state index in [2.05, 4.69) is 16.4 Å². The quantitative estimate of drug-likeness (QED) is 0.923. The van der Waals surface area contributed by atoms with Crippen LogP contribution < -0.4 is 5.73 Å². The summed E-state index contributed by atoms with van der Waals surface area (Å²) in [6, 6.07) is 7.95. The van der Waals surface area contributed by atoms with Crippen LogP contribution in [0.3, 0.4) is 0 Å². The molecule has 1 unspecified atom stereocenters. The van der Waals surface area contributed by atoms with Crippen LogP contribution >= 0.6 is 22.9 Å². The summed E-state index contributed by atoms with van der Waals surface area (Å²) < 4.78 is 0. The van der Waals surface area contributed by atoms with Gasteiger partial charge in [0.1, 0.15) is 0 Å². The molecule has 4 heteroatoms. The molecule has 0 aliphatic rings. The standard InChI is InChI=1S/C13H15ClN2S/c1-9-8-17-13(16-9)7-12(15)6-10-3-2-4-11(14)5-10/h2-5,8,12H,6-7,15H2,1H3. The van der Waals surface area contributed by atoms with Crippen LogP contribution in [0.25, 0.3) is 0 Å². The van der Waals surface area contributed by atoms with E-state index in [0.717, 1.165) is 28.6 Å². The third kappa shape index (κ3) is 3.80. The summed E-state index contributed by atoms with van der Waals surface area (Å²) in [5, 5.41) is 3.93. The van der Waals surface area contributed by atoms with E-state index < -0.39 is 0 Å². The Morgan fingerprint density at radius 2 is 2.24 bits per heavy atom. The summed E-state index contributed by atoms with van der Waals surface area (Å²) in [6.45, 7) is 2.00. The van der Waals surface area contributed by atoms with Crippen molar-refractivity contribution >= 4 is 22.9 Å². The normalized spacial score (nSPS) is 12.6. The predicted octanol–water partition coefficient (Wildman–Crippen LogP) is 3.22. The summed E-state index contributed by atoms with van der Waals surface area (Å²) in [5.41, 5.74) is 8.37. The number of benzene rings is 1. The summed E-state index contributed by atoms with van der Waals surface area (Å²) in [7, 11) is 0. The molecule has 0 aliphatic carbocycles. The first kappa shape index (κ1) is 12.6. The van der Waals surface area contributed by atoms with Crippen molar-refractivity contribution in [3.05, 3.63) is 50.9 Å². The molecule has 0 aliphatic heterocycles. The molecule has 0 amide bonds. The van der Waals surface area contributed by atoms with E-state index in [1.165, 1.54) is 5.56 Å². The van der Waals surface area contributed by atoms with Crippen molar-refractivity contribution in [1.29, 1.82) is 0 Å². The molecular formula is C13H15ClN2S. The van der Waals surface area contributed by atoms with Crippen molar-refractivity contribution < 1.29 is 0 Å². The summed E-state index contributed by atoms with van der Waals surface area (Å²) in [5.74, 6) is 0. The van der Waals surface area contributed by atoms with E-state index in [1.807, 2.05) is 25.1 Å². The van der Waals surface area contributed by atoms with E-state index in [0.29, 0.717) is 0 Å². The second kappa shape index (κ2) is 5.63. The van der Waals surface area contributed by atoms with Crippen molar-refractivity contribution in [1.82, 2.24) is 4.98 Å². The molecule has 0 bridgehead atoms. The van der Waals surface area contributed by atoms with Crippen molar-refractivity contribution in [2.45, 2.75) is 25.8 Å². The van der Waals surface area contributed by atoms with Crippen molar-refractivity contribution in [3.8, 4) is 0 Å². The van der Waals surface area contributed by atoms with Gasteiger partial charge in [0, 0.05) is 28.6 Å². The fourth-order valence-corrected chi connectivity index (χ4v) is 2.84. The molecule has 90 valence electrons. The smallest absolute Gasteiger partial charge is 0.0943 e. The van der Waals surface area contributed by atoms with Crippen LogP contribution in [0.5, 0.6) is 0 Å². The number of nitrogens with two attached hydrogens (primary N) is 1. The SMILES string of the molecule is Cc1csc(CC(N)Cc2cccc(Cl)c2)n1. The lowest BCUT2D eigenvalue weighted by atomic mass is 10.0. The first-order valence-electron chi connectivity index (χ1n) is 5.54. The number of thiazole rings is 1. The van der Waals surface area contributed by atoms with Crippen LogP contribution in [-0.4, -0.2) is 11.0 Å². The van der Waals surface area contributed by atoms with E-state index in [9.17, 15) is 0 Å². The average Bonchev–Trinajstić information content (AvgIpc) is 2.63. The fraction of sp³-hybridized carbons (Fsp3) is 0.308. The highest BCUT2D eigenvalue weighted by Crippen LogP contribution is 2.15. The number of rotatable bonds is 4. The zero-order chi connectivity index (χ0) is 12.3. The number of hydrogen-bond acceptors (Lipinski definition) is 3. The largest absolute Gasteiger partial charge is 0.327 e. The molecule has 1 heterocycles. The van der Waals surface area contributed by atoms with Crippen molar-refractivity contribution in [2.24, 2.45) is 5.73 Å². The number of aromatic nitrogens is 1. The lowest BCUT2D eigenvalue weighted by molar-refractivity contribution is 0.661. The maximum absolute atomic E-state index is 6.12. The molecule has 0 saturated carbocycles. The van der Waals surface area contributed by atoms with Crippen molar-refractivity contribution in [2.75, 3.05) is 0 Å². The second-order valence-electron chi connectivity index (χ2n) is 4.18. The minimum atomic E-state index is 0.0963. The summed E-state index contributed by atoms with van der Waals surface area (Å²) in [6.07, 6.45) is 1.66. The average molecular weight is 267 g/mol. The Labute approximate surface area is 110 Å². The van der Waals surface area contributed by atoms with E-state index in [4.69, 9.17) is 17.3 Å². The van der Waals surface area contributed by atoms with Crippen LogP contribution in [0.2, 0.25) is 5.02 Å². The van der Waals surface area contributed by atoms with Crippen LogP contribution in [0.4, 0.5) is 0 Å². The minimum absolute atomic E-state index is 0.0963. The number of aryl methyl sites for hydroxylation is 1. The van der Waals surface area contributed by atoms with E-state index in [1.54, 1.807) is 11.3 Å². The lowest BCUT2D eigenvalue weighted by Gasteiger charge is -2.10. The zero-order valence-electron chi connectivity index (χ0n) is 9.69. The monoisotopic (exact) mass is 266 g/mol. The maximum atomic E-state index is 6.12. The van der Waals surface area contributed by atoms with Gasteiger partial charge in [0.25, 0.3) is 0 Å². The first-order valence-corrected chi connectivity index (χ1v) is 6.80. The highest BCUT2D eigenvalue weighted by atomic mass is 35.5. The second-order valence-corrected chi connectivity index (χ2v) is 5.56. The summed E-state index contributed by atoms with van der Waals surface area (Å²) in [4.78, 5) is 4.42. The number of hydrogen-bond donors (Lipinski definition) is 1. The van der Waals surface area contributed by atoms with Crippen LogP contribution in [0.15, 0.2) is 29.6 Å². The van der Waals surface area contributed by atoms with Crippen LogP contribution in [0, 0.1) is 6.92 Å². The Balaban J connectivity index is 1.95. The van der Waals surface area contributed by atoms with Gasteiger partial charge in [0.15, 0.2) is 0 Å². The third-order valence-corrected chi connectivity index (χ3v) is 3.71. The minimum Gasteiger partial charge on any atom is -0.327 e. The predicted molar refractivity (Wildman–Crippen MR) is 73.7 cm³/mol. The molecular weight excluding hydrogens is 252 g/mol. The van der Waals surface area contributed by atoms with Gasteiger partial charge >= 0.3 is 0 Å². The molecule has 2 aromatic rings. The van der Waals surface area contributed by atoms with Crippen LogP contribution in [0.1, 0.15) is 16.3 Å². The fourth-order valence-electron chi connectivity index (χ4n) is 1.76. The molecule has 1 atom stereocenters. The Morgan fingerprint density at radius 1 is 1.41 bits per heavy atom. The van der Waals surface area contributed by atoms with Gasteiger partial charge in [0.2, 0.25) is 0 Å². The Morgan fingerprint density at radius 3 is 2.88 bits per heavy atom. The first-order chi connectivity index (χ1) is 8.13. The molecule has 0 fully saturated rings. The lowest BCUT2D eigenvalue weighted by Crippen LogP contribution is -2.25. The molecule has 1 aromatic heterocycles. The Hall–Kier alpha value is -0.900. The molecule has 2 nitrogen and oxygen atoms in total. The number of nitrogens with zero attached hydrogens (tertiary/aromatic N) is 1. The van der Waals surface area contributed by atoms with Gasteiger partial charge < -0.3 is 5.73 Å².